The Labute approximate surface area is 80.4 Å². The molecule has 0 saturated carbocycles. The van der Waals surface area contributed by atoms with Crippen LogP contribution in [0.4, 0.5) is 0 Å². The van der Waals surface area contributed by atoms with E-state index in [-0.39, 0.29) is 18.9 Å². The summed E-state index contributed by atoms with van der Waals surface area (Å²) in [5, 5.41) is 10.9. The van der Waals surface area contributed by atoms with Gasteiger partial charge in [-0.05, 0) is 32.1 Å². The Hall–Kier alpha value is -0.123. The molecule has 1 aliphatic carbocycles. The van der Waals surface area contributed by atoms with Crippen molar-refractivity contribution < 1.29 is 24.0 Å². The molecule has 0 bridgehead atoms. The van der Waals surface area contributed by atoms with Crippen LogP contribution in [0.3, 0.4) is 0 Å². The van der Waals surface area contributed by atoms with E-state index < -0.39 is 0 Å². The normalized spacial score (nSPS) is 26.4. The second-order valence-corrected chi connectivity index (χ2v) is 2.61. The predicted molar refractivity (Wildman–Crippen MR) is 40.3 cm³/mol. The Bertz CT molecular complexity index is 150. The summed E-state index contributed by atoms with van der Waals surface area (Å²) >= 11 is 0. The molecule has 0 aromatic rings. The number of hydrogen-bond acceptors (Lipinski definition) is 1. The average Bonchev–Trinajstić information content (AvgIpc) is 2.02. The molecule has 56 valence electrons. The number of rotatable bonds is 0. The van der Waals surface area contributed by atoms with Gasteiger partial charge in [0.25, 0.3) is 0 Å². The summed E-state index contributed by atoms with van der Waals surface area (Å²) in [6.07, 6.45) is 10.9. The molecule has 0 aromatic carbocycles. The van der Waals surface area contributed by atoms with E-state index in [4.69, 9.17) is 0 Å². The first-order chi connectivity index (χ1) is 4.89. The molecule has 0 radical (unpaired) electrons. The zero-order valence-electron chi connectivity index (χ0n) is 7.18. The van der Waals surface area contributed by atoms with Gasteiger partial charge in [0.05, 0.1) is 0 Å². The van der Waals surface area contributed by atoms with Crippen molar-refractivity contribution in [1.82, 2.24) is 0 Å². The monoisotopic (exact) mass is 144 g/mol. The van der Waals surface area contributed by atoms with Crippen molar-refractivity contribution in [2.75, 3.05) is 0 Å². The van der Waals surface area contributed by atoms with Crippen LogP contribution in [-0.4, -0.2) is 0 Å². The van der Waals surface area contributed by atoms with Crippen LogP contribution in [0.15, 0.2) is 24.0 Å². The van der Waals surface area contributed by atoms with Gasteiger partial charge in [0.1, 0.15) is 0 Å². The Balaban J connectivity index is 0.000001000. The van der Waals surface area contributed by atoms with Gasteiger partial charge in [-0.15, -0.1) is 5.76 Å². The molecule has 0 aliphatic heterocycles. The van der Waals surface area contributed by atoms with E-state index >= 15 is 0 Å². The van der Waals surface area contributed by atoms with Crippen LogP contribution in [0, 0.1) is 0 Å². The van der Waals surface area contributed by atoms with E-state index in [1.165, 1.54) is 0 Å². The summed E-state index contributed by atoms with van der Waals surface area (Å²) in [7, 11) is 0. The van der Waals surface area contributed by atoms with Crippen molar-refractivity contribution >= 4 is 0 Å². The Kier molecular flexibility index (Phi) is 6.51. The zero-order valence-corrected chi connectivity index (χ0v) is 7.18. The standard InChI is InChI=1S/C9H14O.Li/c10-9-7-5-3-1-2-4-6-8-9;/h1-2,7,10H,3-6,8H2;/q;+1/p-1/b2-1+,9-7-;. The molecule has 0 unspecified atom stereocenters. The SMILES string of the molecule is [Li+].[O-]/C1=C\CC/C=C/CCC1. The molecule has 2 heteroatoms. The van der Waals surface area contributed by atoms with Gasteiger partial charge >= 0.3 is 18.9 Å². The smallest absolute Gasteiger partial charge is 0.876 e. The molecule has 0 amide bonds. The Morgan fingerprint density at radius 1 is 1.09 bits per heavy atom. The van der Waals surface area contributed by atoms with Crippen molar-refractivity contribution in [1.29, 1.82) is 0 Å². The molecule has 0 saturated heterocycles. The minimum absolute atomic E-state index is 0. The molecule has 0 spiro atoms. The van der Waals surface area contributed by atoms with E-state index in [0.717, 1.165) is 32.1 Å². The van der Waals surface area contributed by atoms with Gasteiger partial charge in [-0.1, -0.05) is 18.2 Å². The van der Waals surface area contributed by atoms with Gasteiger partial charge in [-0.2, -0.15) is 0 Å². The Morgan fingerprint density at radius 3 is 2.64 bits per heavy atom. The fraction of sp³-hybridized carbons (Fsp3) is 0.556. The summed E-state index contributed by atoms with van der Waals surface area (Å²) < 4.78 is 0. The maximum absolute atomic E-state index is 10.9. The van der Waals surface area contributed by atoms with Gasteiger partial charge in [-0.3, -0.25) is 0 Å². The van der Waals surface area contributed by atoms with Gasteiger partial charge in [-0.25, -0.2) is 0 Å². The van der Waals surface area contributed by atoms with Crippen LogP contribution in [-0.2, 0) is 0 Å². The second-order valence-electron chi connectivity index (χ2n) is 2.61. The number of allylic oxidation sites excluding steroid dienone is 4. The molecular weight excluding hydrogens is 131 g/mol. The van der Waals surface area contributed by atoms with Crippen molar-refractivity contribution in [2.24, 2.45) is 0 Å². The van der Waals surface area contributed by atoms with Gasteiger partial charge in [0, 0.05) is 0 Å². The van der Waals surface area contributed by atoms with E-state index in [2.05, 4.69) is 12.2 Å². The molecule has 0 heterocycles. The van der Waals surface area contributed by atoms with Gasteiger partial charge in [0.15, 0.2) is 0 Å². The molecule has 1 aliphatic rings. The molecular formula is C9H13LiO. The van der Waals surface area contributed by atoms with Crippen LogP contribution in [0.5, 0.6) is 0 Å². The van der Waals surface area contributed by atoms with Crippen LogP contribution >= 0.6 is 0 Å². The van der Waals surface area contributed by atoms with Crippen molar-refractivity contribution in [3.8, 4) is 0 Å². The second kappa shape index (κ2) is 6.58. The maximum Gasteiger partial charge on any atom is 1.00 e. The summed E-state index contributed by atoms with van der Waals surface area (Å²) in [6.45, 7) is 0. The summed E-state index contributed by atoms with van der Waals surface area (Å²) in [5.74, 6) is 0.323. The first kappa shape index (κ1) is 10.9. The first-order valence-corrected chi connectivity index (χ1v) is 3.90. The average molecular weight is 144 g/mol. The van der Waals surface area contributed by atoms with E-state index in [1.807, 2.05) is 6.08 Å². The predicted octanol–water partition coefficient (Wildman–Crippen LogP) is -1.25. The maximum atomic E-state index is 10.9. The first-order valence-electron chi connectivity index (χ1n) is 3.90. The molecule has 11 heavy (non-hydrogen) atoms. The summed E-state index contributed by atoms with van der Waals surface area (Å²) in [5.41, 5.74) is 0. The minimum atomic E-state index is 0. The fourth-order valence-corrected chi connectivity index (χ4v) is 1.07. The molecule has 1 nitrogen and oxygen atoms in total. The van der Waals surface area contributed by atoms with Gasteiger partial charge in [0.2, 0.25) is 0 Å². The van der Waals surface area contributed by atoms with Gasteiger partial charge < -0.3 is 5.11 Å². The number of hydrogen-bond donors (Lipinski definition) is 0. The Morgan fingerprint density at radius 2 is 1.82 bits per heavy atom. The topological polar surface area (TPSA) is 23.1 Å². The zero-order chi connectivity index (χ0) is 7.23. The molecule has 0 aromatic heterocycles. The molecule has 0 fully saturated rings. The van der Waals surface area contributed by atoms with Crippen LogP contribution in [0.1, 0.15) is 32.1 Å². The molecule has 1 rings (SSSR count). The van der Waals surface area contributed by atoms with Crippen molar-refractivity contribution in [3.63, 3.8) is 0 Å². The third-order valence-corrected chi connectivity index (χ3v) is 1.67. The summed E-state index contributed by atoms with van der Waals surface area (Å²) in [4.78, 5) is 0. The largest absolute Gasteiger partial charge is 1.00 e. The quantitative estimate of drug-likeness (QED) is 0.308. The van der Waals surface area contributed by atoms with E-state index in [9.17, 15) is 5.11 Å². The van der Waals surface area contributed by atoms with Crippen LogP contribution in [0.2, 0.25) is 0 Å². The van der Waals surface area contributed by atoms with Crippen LogP contribution < -0.4 is 24.0 Å². The summed E-state index contributed by atoms with van der Waals surface area (Å²) in [6, 6.07) is 0. The van der Waals surface area contributed by atoms with Crippen molar-refractivity contribution in [2.45, 2.75) is 32.1 Å². The minimum Gasteiger partial charge on any atom is -0.876 e. The third-order valence-electron chi connectivity index (χ3n) is 1.67. The fourth-order valence-electron chi connectivity index (χ4n) is 1.07. The third kappa shape index (κ3) is 5.18. The molecule has 0 atom stereocenters. The van der Waals surface area contributed by atoms with Crippen molar-refractivity contribution in [3.05, 3.63) is 24.0 Å². The van der Waals surface area contributed by atoms with E-state index in [0.29, 0.717) is 5.76 Å². The molecule has 0 N–H and O–H groups in total. The van der Waals surface area contributed by atoms with E-state index in [1.54, 1.807) is 0 Å². The van der Waals surface area contributed by atoms with Crippen LogP contribution in [0.25, 0.3) is 0 Å².